The molecule has 3 rings (SSSR count). The second-order valence-corrected chi connectivity index (χ2v) is 6.16. The molecule has 0 atom stereocenters. The van der Waals surface area contributed by atoms with Gasteiger partial charge >= 0.3 is 0 Å². The Labute approximate surface area is 132 Å². The van der Waals surface area contributed by atoms with Gasteiger partial charge in [-0.15, -0.1) is 0 Å². The molecule has 0 saturated heterocycles. The number of halogens is 1. The number of benzene rings is 1. The first-order chi connectivity index (χ1) is 10.6. The molecule has 0 bridgehead atoms. The molecule has 0 saturated carbocycles. The van der Waals surface area contributed by atoms with Gasteiger partial charge < -0.3 is 5.32 Å². The minimum atomic E-state index is -0.325. The molecule has 6 heteroatoms. The summed E-state index contributed by atoms with van der Waals surface area (Å²) < 4.78 is 12.8. The summed E-state index contributed by atoms with van der Waals surface area (Å²) in [4.78, 5) is 20.9. The number of aromatic nitrogens is 2. The van der Waals surface area contributed by atoms with Gasteiger partial charge in [0.25, 0.3) is 0 Å². The molecule has 1 aliphatic rings. The first-order valence-corrected chi connectivity index (χ1v) is 8.15. The predicted molar refractivity (Wildman–Crippen MR) is 84.5 cm³/mol. The minimum absolute atomic E-state index is 0.154. The summed E-state index contributed by atoms with van der Waals surface area (Å²) >= 11 is 1.32. The van der Waals surface area contributed by atoms with E-state index in [1.165, 1.54) is 41.6 Å². The molecule has 1 N–H and O–H groups in total. The summed E-state index contributed by atoms with van der Waals surface area (Å²) in [7, 11) is 0. The van der Waals surface area contributed by atoms with Crippen molar-refractivity contribution in [3.63, 3.8) is 0 Å². The van der Waals surface area contributed by atoms with E-state index >= 15 is 0 Å². The van der Waals surface area contributed by atoms with Crippen LogP contribution < -0.4 is 5.32 Å². The number of fused-ring (bicyclic) bond motifs is 1. The van der Waals surface area contributed by atoms with Crippen LogP contribution in [0.3, 0.4) is 0 Å². The number of hydrogen-bond acceptors (Lipinski definition) is 4. The van der Waals surface area contributed by atoms with E-state index in [0.717, 1.165) is 30.7 Å². The lowest BCUT2D eigenvalue weighted by Crippen LogP contribution is -2.14. The highest BCUT2D eigenvalue weighted by atomic mass is 32.2. The first-order valence-electron chi connectivity index (χ1n) is 7.16. The first kappa shape index (κ1) is 15.0. The Bertz CT molecular complexity index is 703. The van der Waals surface area contributed by atoms with E-state index in [1.807, 2.05) is 6.92 Å². The fourth-order valence-electron chi connectivity index (χ4n) is 2.52. The molecule has 0 aliphatic heterocycles. The Hall–Kier alpha value is -1.95. The molecule has 1 amide bonds. The average molecular weight is 317 g/mol. The third-order valence-electron chi connectivity index (χ3n) is 3.58. The third-order valence-corrected chi connectivity index (χ3v) is 4.43. The lowest BCUT2D eigenvalue weighted by molar-refractivity contribution is -0.113. The van der Waals surface area contributed by atoms with Crippen molar-refractivity contribution in [2.75, 3.05) is 11.1 Å². The number of thioether (sulfide) groups is 1. The quantitative estimate of drug-likeness (QED) is 0.695. The van der Waals surface area contributed by atoms with Crippen molar-refractivity contribution in [3.8, 4) is 0 Å². The Morgan fingerprint density at radius 1 is 1.27 bits per heavy atom. The number of amides is 1. The van der Waals surface area contributed by atoms with Gasteiger partial charge in [0.15, 0.2) is 5.16 Å². The van der Waals surface area contributed by atoms with Crippen molar-refractivity contribution < 1.29 is 9.18 Å². The second-order valence-electron chi connectivity index (χ2n) is 5.21. The number of aryl methyl sites for hydroxylation is 2. The van der Waals surface area contributed by atoms with Crippen LogP contribution in [0.4, 0.5) is 10.1 Å². The zero-order valence-corrected chi connectivity index (χ0v) is 13.0. The van der Waals surface area contributed by atoms with Gasteiger partial charge in [0.2, 0.25) is 5.91 Å². The summed E-state index contributed by atoms with van der Waals surface area (Å²) in [5, 5.41) is 3.37. The summed E-state index contributed by atoms with van der Waals surface area (Å²) in [6.45, 7) is 1.99. The molecule has 114 valence electrons. The Kier molecular flexibility index (Phi) is 4.38. The molecule has 2 aromatic rings. The molecule has 0 unspecified atom stereocenters. The Balaban J connectivity index is 1.59. The maximum Gasteiger partial charge on any atom is 0.234 e. The van der Waals surface area contributed by atoms with Crippen LogP contribution in [-0.2, 0) is 17.6 Å². The number of carbonyl (C=O) groups excluding carboxylic acids is 1. The fraction of sp³-hybridized carbons (Fsp3) is 0.312. The minimum Gasteiger partial charge on any atom is -0.325 e. The highest BCUT2D eigenvalue weighted by Crippen LogP contribution is 2.25. The highest BCUT2D eigenvalue weighted by molar-refractivity contribution is 7.99. The lowest BCUT2D eigenvalue weighted by Gasteiger charge is -2.07. The van der Waals surface area contributed by atoms with E-state index in [1.54, 1.807) is 0 Å². The standard InChI is InChI=1S/C16H16FN3OS/c1-10-13-3-2-4-14(13)20-16(18-10)22-9-15(21)19-12-7-5-11(17)6-8-12/h5-8H,2-4,9H2,1H3,(H,19,21). The zero-order valence-electron chi connectivity index (χ0n) is 12.2. The number of anilines is 1. The van der Waals surface area contributed by atoms with Gasteiger partial charge in [-0.05, 0) is 56.0 Å². The summed E-state index contributed by atoms with van der Waals surface area (Å²) in [5.41, 5.74) is 3.98. The molecule has 22 heavy (non-hydrogen) atoms. The smallest absolute Gasteiger partial charge is 0.234 e. The van der Waals surface area contributed by atoms with E-state index in [-0.39, 0.29) is 17.5 Å². The van der Waals surface area contributed by atoms with Crippen LogP contribution >= 0.6 is 11.8 Å². The van der Waals surface area contributed by atoms with Gasteiger partial charge in [-0.25, -0.2) is 14.4 Å². The van der Waals surface area contributed by atoms with Gasteiger partial charge in [0.1, 0.15) is 5.82 Å². The van der Waals surface area contributed by atoms with E-state index in [9.17, 15) is 9.18 Å². The topological polar surface area (TPSA) is 54.9 Å². The molecule has 0 radical (unpaired) electrons. The Morgan fingerprint density at radius 2 is 2.05 bits per heavy atom. The molecule has 0 spiro atoms. The largest absolute Gasteiger partial charge is 0.325 e. The fourth-order valence-corrected chi connectivity index (χ4v) is 3.23. The molecule has 1 aromatic carbocycles. The molecular formula is C16H16FN3OS. The van der Waals surface area contributed by atoms with Crippen molar-refractivity contribution in [1.82, 2.24) is 9.97 Å². The molecule has 1 aliphatic carbocycles. The average Bonchev–Trinajstić information content (AvgIpc) is 2.97. The molecular weight excluding hydrogens is 301 g/mol. The lowest BCUT2D eigenvalue weighted by atomic mass is 10.2. The number of hydrogen-bond donors (Lipinski definition) is 1. The summed E-state index contributed by atoms with van der Waals surface area (Å²) in [6, 6.07) is 5.70. The summed E-state index contributed by atoms with van der Waals surface area (Å²) in [5.74, 6) is -0.247. The van der Waals surface area contributed by atoms with Crippen LogP contribution in [0.5, 0.6) is 0 Å². The Morgan fingerprint density at radius 3 is 2.82 bits per heavy atom. The van der Waals surface area contributed by atoms with E-state index in [2.05, 4.69) is 15.3 Å². The van der Waals surface area contributed by atoms with Gasteiger partial charge in [-0.1, -0.05) is 11.8 Å². The van der Waals surface area contributed by atoms with Crippen LogP contribution in [0.1, 0.15) is 23.4 Å². The van der Waals surface area contributed by atoms with Crippen LogP contribution in [0.2, 0.25) is 0 Å². The van der Waals surface area contributed by atoms with Crippen molar-refractivity contribution in [3.05, 3.63) is 47.0 Å². The zero-order chi connectivity index (χ0) is 15.5. The summed E-state index contributed by atoms with van der Waals surface area (Å²) in [6.07, 6.45) is 3.18. The molecule has 1 heterocycles. The van der Waals surface area contributed by atoms with Crippen molar-refractivity contribution in [2.24, 2.45) is 0 Å². The van der Waals surface area contributed by atoms with Crippen molar-refractivity contribution in [1.29, 1.82) is 0 Å². The van der Waals surface area contributed by atoms with Crippen molar-refractivity contribution >= 4 is 23.4 Å². The number of nitrogens with one attached hydrogen (secondary N) is 1. The van der Waals surface area contributed by atoms with E-state index in [0.29, 0.717) is 10.8 Å². The van der Waals surface area contributed by atoms with Crippen LogP contribution in [-0.4, -0.2) is 21.6 Å². The maximum absolute atomic E-state index is 12.8. The monoisotopic (exact) mass is 317 g/mol. The van der Waals surface area contributed by atoms with Gasteiger partial charge in [0, 0.05) is 17.1 Å². The van der Waals surface area contributed by atoms with Gasteiger partial charge in [-0.3, -0.25) is 4.79 Å². The highest BCUT2D eigenvalue weighted by Gasteiger charge is 2.17. The molecule has 0 fully saturated rings. The van der Waals surface area contributed by atoms with Gasteiger partial charge in [-0.2, -0.15) is 0 Å². The number of carbonyl (C=O) groups is 1. The number of rotatable bonds is 4. The van der Waals surface area contributed by atoms with Crippen LogP contribution in [0.25, 0.3) is 0 Å². The molecule has 1 aromatic heterocycles. The molecule has 4 nitrogen and oxygen atoms in total. The third kappa shape index (κ3) is 3.44. The number of nitrogens with zero attached hydrogens (tertiary/aromatic N) is 2. The SMILES string of the molecule is Cc1nc(SCC(=O)Nc2ccc(F)cc2)nc2c1CCC2. The van der Waals surface area contributed by atoms with Crippen molar-refractivity contribution in [2.45, 2.75) is 31.3 Å². The predicted octanol–water partition coefficient (Wildman–Crippen LogP) is 3.14. The van der Waals surface area contributed by atoms with Crippen LogP contribution in [0.15, 0.2) is 29.4 Å². The normalized spacial score (nSPS) is 13.0. The van der Waals surface area contributed by atoms with E-state index < -0.39 is 0 Å². The maximum atomic E-state index is 12.8. The second kappa shape index (κ2) is 6.44. The van der Waals surface area contributed by atoms with E-state index in [4.69, 9.17) is 0 Å². The van der Waals surface area contributed by atoms with Crippen LogP contribution in [0, 0.1) is 12.7 Å². The van der Waals surface area contributed by atoms with Gasteiger partial charge in [0.05, 0.1) is 5.75 Å².